The highest BCUT2D eigenvalue weighted by Crippen LogP contribution is 2.31. The maximum Gasteiger partial charge on any atom is 0.274 e. The Hall–Kier alpha value is -3.02. The summed E-state index contributed by atoms with van der Waals surface area (Å²) < 4.78 is 11.4. The molecule has 138 valence electrons. The first-order valence-electron chi connectivity index (χ1n) is 8.84. The Labute approximate surface area is 156 Å². The molecule has 3 heterocycles. The zero-order valence-electron chi connectivity index (χ0n) is 14.7. The largest absolute Gasteiger partial charge is 0.347 e. The van der Waals surface area contributed by atoms with Crippen molar-refractivity contribution < 1.29 is 14.3 Å². The number of amides is 1. The molecule has 0 saturated carbocycles. The van der Waals surface area contributed by atoms with E-state index >= 15 is 0 Å². The normalized spacial score (nSPS) is 18.3. The molecule has 2 aliphatic heterocycles. The topological polar surface area (TPSA) is 100 Å². The number of hydrogen-bond donors (Lipinski definition) is 1. The lowest BCUT2D eigenvalue weighted by molar-refractivity contribution is -0.181. The second-order valence-corrected chi connectivity index (χ2v) is 6.50. The van der Waals surface area contributed by atoms with Crippen LogP contribution in [-0.2, 0) is 9.47 Å². The summed E-state index contributed by atoms with van der Waals surface area (Å²) in [6.45, 7) is 2.39. The van der Waals surface area contributed by atoms with E-state index in [1.54, 1.807) is 29.2 Å². The number of ether oxygens (including phenoxy) is 2. The van der Waals surface area contributed by atoms with E-state index in [4.69, 9.17) is 14.7 Å². The van der Waals surface area contributed by atoms with Gasteiger partial charge in [-0.1, -0.05) is 0 Å². The van der Waals surface area contributed by atoms with Crippen molar-refractivity contribution in [2.24, 2.45) is 0 Å². The molecule has 8 heteroatoms. The molecule has 8 nitrogen and oxygen atoms in total. The SMILES string of the molecule is N#Cc1ccc(Nc2cnc(C(=O)N3CCC4(CC3)OCCO4)cn2)cc1. The minimum atomic E-state index is -0.503. The quantitative estimate of drug-likeness (QED) is 0.888. The molecule has 2 saturated heterocycles. The van der Waals surface area contributed by atoms with E-state index in [0.717, 1.165) is 5.69 Å². The number of carbonyl (C=O) groups is 1. The van der Waals surface area contributed by atoms with Crippen molar-refractivity contribution in [1.29, 1.82) is 5.26 Å². The summed E-state index contributed by atoms with van der Waals surface area (Å²) in [6, 6.07) is 9.08. The molecule has 4 rings (SSSR count). The molecule has 27 heavy (non-hydrogen) atoms. The summed E-state index contributed by atoms with van der Waals surface area (Å²) in [5, 5.41) is 11.9. The van der Waals surface area contributed by atoms with Crippen molar-refractivity contribution in [3.8, 4) is 6.07 Å². The van der Waals surface area contributed by atoms with Gasteiger partial charge in [-0.25, -0.2) is 9.97 Å². The third-order valence-electron chi connectivity index (χ3n) is 4.78. The van der Waals surface area contributed by atoms with Gasteiger partial charge in [0.05, 0.1) is 37.2 Å². The molecule has 0 aliphatic carbocycles. The van der Waals surface area contributed by atoms with Crippen LogP contribution >= 0.6 is 0 Å². The Morgan fingerprint density at radius 3 is 2.41 bits per heavy atom. The van der Waals surface area contributed by atoms with Crippen molar-refractivity contribution in [3.05, 3.63) is 47.9 Å². The van der Waals surface area contributed by atoms with Crippen LogP contribution in [0.25, 0.3) is 0 Å². The van der Waals surface area contributed by atoms with Gasteiger partial charge in [0.25, 0.3) is 5.91 Å². The van der Waals surface area contributed by atoms with Crippen LogP contribution in [0.3, 0.4) is 0 Å². The summed E-state index contributed by atoms with van der Waals surface area (Å²) in [7, 11) is 0. The smallest absolute Gasteiger partial charge is 0.274 e. The summed E-state index contributed by atoms with van der Waals surface area (Å²) in [6.07, 6.45) is 4.34. The average Bonchev–Trinajstić information content (AvgIpc) is 3.17. The molecule has 1 aromatic heterocycles. The lowest BCUT2D eigenvalue weighted by atomic mass is 10.0. The van der Waals surface area contributed by atoms with Crippen molar-refractivity contribution in [3.63, 3.8) is 0 Å². The first-order chi connectivity index (χ1) is 13.2. The minimum Gasteiger partial charge on any atom is -0.347 e. The Morgan fingerprint density at radius 2 is 1.81 bits per heavy atom. The van der Waals surface area contributed by atoms with Crippen LogP contribution < -0.4 is 5.32 Å². The Bertz CT molecular complexity index is 844. The van der Waals surface area contributed by atoms with E-state index in [2.05, 4.69) is 21.4 Å². The van der Waals surface area contributed by atoms with Crippen molar-refractivity contribution in [2.75, 3.05) is 31.6 Å². The van der Waals surface area contributed by atoms with Gasteiger partial charge in [-0.15, -0.1) is 0 Å². The molecule has 2 fully saturated rings. The molecule has 1 amide bonds. The van der Waals surface area contributed by atoms with Crippen LogP contribution in [0.2, 0.25) is 0 Å². The molecule has 0 unspecified atom stereocenters. The summed E-state index contributed by atoms with van der Waals surface area (Å²) in [5.74, 6) is -0.112. The average molecular weight is 365 g/mol. The van der Waals surface area contributed by atoms with Gasteiger partial charge in [-0.2, -0.15) is 5.26 Å². The molecule has 1 aromatic carbocycles. The van der Waals surface area contributed by atoms with Gasteiger partial charge in [0.1, 0.15) is 11.5 Å². The maximum absolute atomic E-state index is 12.6. The van der Waals surface area contributed by atoms with Gasteiger partial charge < -0.3 is 19.7 Å². The van der Waals surface area contributed by atoms with Crippen molar-refractivity contribution >= 4 is 17.4 Å². The maximum atomic E-state index is 12.6. The molecule has 1 spiro atoms. The molecule has 2 aromatic rings. The lowest BCUT2D eigenvalue weighted by Crippen LogP contribution is -2.47. The minimum absolute atomic E-state index is 0.139. The summed E-state index contributed by atoms with van der Waals surface area (Å²) >= 11 is 0. The van der Waals surface area contributed by atoms with Crippen molar-refractivity contribution in [1.82, 2.24) is 14.9 Å². The fourth-order valence-corrected chi connectivity index (χ4v) is 3.28. The molecule has 1 N–H and O–H groups in total. The highest BCUT2D eigenvalue weighted by Gasteiger charge is 2.41. The second-order valence-electron chi connectivity index (χ2n) is 6.50. The molecule has 0 bridgehead atoms. The monoisotopic (exact) mass is 365 g/mol. The fourth-order valence-electron chi connectivity index (χ4n) is 3.28. The highest BCUT2D eigenvalue weighted by atomic mass is 16.7. The zero-order chi connectivity index (χ0) is 18.7. The fraction of sp³-hybridized carbons (Fsp3) is 0.368. The Balaban J connectivity index is 1.37. The Kier molecular flexibility index (Phi) is 4.71. The number of aromatic nitrogens is 2. The van der Waals surface area contributed by atoms with Gasteiger partial charge in [0.2, 0.25) is 0 Å². The van der Waals surface area contributed by atoms with Gasteiger partial charge >= 0.3 is 0 Å². The molecule has 0 radical (unpaired) electrons. The standard InChI is InChI=1S/C19H19N5O3/c20-11-14-1-3-15(4-2-14)23-17-13-21-16(12-22-17)18(25)24-7-5-19(6-8-24)26-9-10-27-19/h1-4,12-13H,5-10H2,(H,22,23). The number of likely N-dealkylation sites (tertiary alicyclic amines) is 1. The predicted molar refractivity (Wildman–Crippen MR) is 96.2 cm³/mol. The number of nitrogens with zero attached hydrogens (tertiary/aromatic N) is 4. The molecule has 0 atom stereocenters. The first-order valence-corrected chi connectivity index (χ1v) is 8.84. The van der Waals surface area contributed by atoms with E-state index in [1.165, 1.54) is 12.4 Å². The predicted octanol–water partition coefficient (Wildman–Crippen LogP) is 2.07. The van der Waals surface area contributed by atoms with E-state index in [1.807, 2.05) is 0 Å². The van der Waals surface area contributed by atoms with Gasteiger partial charge in [0.15, 0.2) is 5.79 Å². The number of nitriles is 1. The number of anilines is 2. The summed E-state index contributed by atoms with van der Waals surface area (Å²) in [5.41, 5.74) is 1.69. The van der Waals surface area contributed by atoms with Crippen LogP contribution in [0, 0.1) is 11.3 Å². The number of rotatable bonds is 3. The highest BCUT2D eigenvalue weighted by molar-refractivity contribution is 5.92. The number of piperidine rings is 1. The second kappa shape index (κ2) is 7.31. The van der Waals surface area contributed by atoms with E-state index in [9.17, 15) is 4.79 Å². The third kappa shape index (κ3) is 3.74. The number of hydrogen-bond acceptors (Lipinski definition) is 7. The van der Waals surface area contributed by atoms with E-state index in [0.29, 0.717) is 56.2 Å². The number of carbonyl (C=O) groups excluding carboxylic acids is 1. The van der Waals surface area contributed by atoms with Gasteiger partial charge in [-0.3, -0.25) is 4.79 Å². The van der Waals surface area contributed by atoms with Crippen LogP contribution in [0.4, 0.5) is 11.5 Å². The molecule has 2 aliphatic rings. The van der Waals surface area contributed by atoms with E-state index < -0.39 is 5.79 Å². The first kappa shape index (κ1) is 17.4. The third-order valence-corrected chi connectivity index (χ3v) is 4.78. The lowest BCUT2D eigenvalue weighted by Gasteiger charge is -2.37. The Morgan fingerprint density at radius 1 is 1.11 bits per heavy atom. The number of benzene rings is 1. The number of nitrogens with one attached hydrogen (secondary N) is 1. The van der Waals surface area contributed by atoms with Crippen LogP contribution in [-0.4, -0.2) is 52.9 Å². The van der Waals surface area contributed by atoms with Crippen LogP contribution in [0.15, 0.2) is 36.7 Å². The zero-order valence-corrected chi connectivity index (χ0v) is 14.7. The molecular weight excluding hydrogens is 346 g/mol. The summed E-state index contributed by atoms with van der Waals surface area (Å²) in [4.78, 5) is 22.9. The van der Waals surface area contributed by atoms with Gasteiger partial charge in [0, 0.05) is 31.6 Å². The van der Waals surface area contributed by atoms with Gasteiger partial charge in [-0.05, 0) is 24.3 Å². The van der Waals surface area contributed by atoms with E-state index in [-0.39, 0.29) is 5.91 Å². The molecular formula is C19H19N5O3. The van der Waals surface area contributed by atoms with Crippen molar-refractivity contribution in [2.45, 2.75) is 18.6 Å². The van der Waals surface area contributed by atoms with Crippen LogP contribution in [0.1, 0.15) is 28.9 Å². The van der Waals surface area contributed by atoms with Crippen LogP contribution in [0.5, 0.6) is 0 Å².